The van der Waals surface area contributed by atoms with Crippen molar-refractivity contribution in [2.75, 3.05) is 32.9 Å². The van der Waals surface area contributed by atoms with Gasteiger partial charge in [-0.2, -0.15) is 0 Å². The molecule has 1 heterocycles. The number of carbonyl (C=O) groups excluding carboxylic acids is 2. The highest BCUT2D eigenvalue weighted by Crippen LogP contribution is 2.22. The lowest BCUT2D eigenvalue weighted by Crippen LogP contribution is -2.44. The minimum Gasteiger partial charge on any atom is -0.494 e. The smallest absolute Gasteiger partial charge is 0.331 e. The van der Waals surface area contributed by atoms with E-state index in [4.69, 9.17) is 14.2 Å². The SMILES string of the molecule is CCOc1ccc(/C=C/C(=O)O[C@@H](C(=O)N2CCOCC2)c2ccccc2)cc1. The second-order valence-electron chi connectivity index (χ2n) is 6.50. The molecule has 0 aliphatic carbocycles. The van der Waals surface area contributed by atoms with Crippen LogP contribution < -0.4 is 4.74 Å². The summed E-state index contributed by atoms with van der Waals surface area (Å²) in [4.78, 5) is 27.1. The fourth-order valence-electron chi connectivity index (χ4n) is 3.00. The minimum atomic E-state index is -0.980. The number of carbonyl (C=O) groups is 2. The van der Waals surface area contributed by atoms with Gasteiger partial charge in [-0.1, -0.05) is 42.5 Å². The Morgan fingerprint density at radius 3 is 2.41 bits per heavy atom. The highest BCUT2D eigenvalue weighted by Gasteiger charge is 2.29. The van der Waals surface area contributed by atoms with E-state index in [2.05, 4.69) is 0 Å². The van der Waals surface area contributed by atoms with E-state index >= 15 is 0 Å². The van der Waals surface area contributed by atoms with Gasteiger partial charge in [-0.05, 0) is 30.7 Å². The third-order valence-electron chi connectivity index (χ3n) is 4.49. The Morgan fingerprint density at radius 1 is 1.07 bits per heavy atom. The van der Waals surface area contributed by atoms with Crippen LogP contribution in [0.3, 0.4) is 0 Å². The summed E-state index contributed by atoms with van der Waals surface area (Å²) in [6.45, 7) is 4.46. The van der Waals surface area contributed by atoms with Crippen molar-refractivity contribution in [1.82, 2.24) is 4.90 Å². The molecule has 0 aromatic heterocycles. The van der Waals surface area contributed by atoms with Crippen LogP contribution in [0.15, 0.2) is 60.7 Å². The van der Waals surface area contributed by atoms with Crippen molar-refractivity contribution in [3.8, 4) is 5.75 Å². The lowest BCUT2D eigenvalue weighted by molar-refractivity contribution is -0.159. The maximum atomic E-state index is 13.0. The highest BCUT2D eigenvalue weighted by atomic mass is 16.5. The first kappa shape index (κ1) is 20.6. The van der Waals surface area contributed by atoms with Gasteiger partial charge in [0.05, 0.1) is 19.8 Å². The Morgan fingerprint density at radius 2 is 1.76 bits per heavy atom. The van der Waals surface area contributed by atoms with Gasteiger partial charge in [0.2, 0.25) is 6.10 Å². The molecule has 1 atom stereocenters. The number of hydrogen-bond donors (Lipinski definition) is 0. The second kappa shape index (κ2) is 10.4. The summed E-state index contributed by atoms with van der Waals surface area (Å²) < 4.78 is 16.3. The van der Waals surface area contributed by atoms with Crippen molar-refractivity contribution in [2.24, 2.45) is 0 Å². The Kier molecular flexibility index (Phi) is 7.41. The maximum Gasteiger partial charge on any atom is 0.331 e. The molecule has 29 heavy (non-hydrogen) atoms. The average molecular weight is 395 g/mol. The van der Waals surface area contributed by atoms with E-state index in [1.54, 1.807) is 23.1 Å². The topological polar surface area (TPSA) is 65.1 Å². The lowest BCUT2D eigenvalue weighted by atomic mass is 10.1. The molecule has 1 saturated heterocycles. The van der Waals surface area contributed by atoms with Crippen LogP contribution in [0.5, 0.6) is 5.75 Å². The fourth-order valence-corrected chi connectivity index (χ4v) is 3.00. The molecule has 1 fully saturated rings. The van der Waals surface area contributed by atoms with Gasteiger partial charge in [0.15, 0.2) is 0 Å². The number of amides is 1. The molecule has 0 spiro atoms. The maximum absolute atomic E-state index is 13.0. The standard InChI is InChI=1S/C23H25NO5/c1-2-28-20-11-8-18(9-12-20)10-13-21(25)29-22(19-6-4-3-5-7-19)23(26)24-14-16-27-17-15-24/h3-13,22H,2,14-17H2,1H3/b13-10+/t22-/m1/s1. The van der Waals surface area contributed by atoms with Crippen LogP contribution >= 0.6 is 0 Å². The van der Waals surface area contributed by atoms with Gasteiger partial charge in [-0.15, -0.1) is 0 Å². The highest BCUT2D eigenvalue weighted by molar-refractivity contribution is 5.91. The molecule has 0 saturated carbocycles. The molecule has 1 aliphatic heterocycles. The van der Waals surface area contributed by atoms with Crippen molar-refractivity contribution < 1.29 is 23.8 Å². The van der Waals surface area contributed by atoms with E-state index in [0.29, 0.717) is 38.5 Å². The third kappa shape index (κ3) is 5.93. The molecule has 1 aliphatic rings. The van der Waals surface area contributed by atoms with Crippen LogP contribution in [0, 0.1) is 0 Å². The molecule has 0 N–H and O–H groups in total. The van der Waals surface area contributed by atoms with E-state index in [-0.39, 0.29) is 5.91 Å². The van der Waals surface area contributed by atoms with Gasteiger partial charge in [0.1, 0.15) is 5.75 Å². The molecule has 0 radical (unpaired) electrons. The predicted molar refractivity (Wildman–Crippen MR) is 109 cm³/mol. The van der Waals surface area contributed by atoms with Crippen LogP contribution in [0.1, 0.15) is 24.2 Å². The number of ether oxygens (including phenoxy) is 3. The number of hydrogen-bond acceptors (Lipinski definition) is 5. The van der Waals surface area contributed by atoms with Crippen LogP contribution in [0.2, 0.25) is 0 Å². The normalized spacial score (nSPS) is 15.1. The second-order valence-corrected chi connectivity index (χ2v) is 6.50. The van der Waals surface area contributed by atoms with E-state index in [1.165, 1.54) is 6.08 Å². The Bertz CT molecular complexity index is 826. The summed E-state index contributed by atoms with van der Waals surface area (Å²) in [6.07, 6.45) is 2.00. The summed E-state index contributed by atoms with van der Waals surface area (Å²) in [5.41, 5.74) is 1.48. The van der Waals surface area contributed by atoms with Gasteiger partial charge in [-0.25, -0.2) is 4.79 Å². The van der Waals surface area contributed by atoms with E-state index in [1.807, 2.05) is 49.4 Å². The van der Waals surface area contributed by atoms with E-state index in [0.717, 1.165) is 11.3 Å². The van der Waals surface area contributed by atoms with E-state index < -0.39 is 12.1 Å². The van der Waals surface area contributed by atoms with Crippen molar-refractivity contribution in [2.45, 2.75) is 13.0 Å². The molecule has 0 bridgehead atoms. The molecular formula is C23H25NO5. The fraction of sp³-hybridized carbons (Fsp3) is 0.304. The summed E-state index contributed by atoms with van der Waals surface area (Å²) in [7, 11) is 0. The zero-order valence-corrected chi connectivity index (χ0v) is 16.5. The van der Waals surface area contributed by atoms with Gasteiger partial charge in [-0.3, -0.25) is 4.79 Å². The van der Waals surface area contributed by atoms with Gasteiger partial charge >= 0.3 is 5.97 Å². The Balaban J connectivity index is 1.69. The minimum absolute atomic E-state index is 0.234. The number of rotatable bonds is 7. The molecule has 152 valence electrons. The number of benzene rings is 2. The van der Waals surface area contributed by atoms with Crippen LogP contribution in [0.25, 0.3) is 6.08 Å². The van der Waals surface area contributed by atoms with Gasteiger partial charge in [0.25, 0.3) is 5.91 Å². The van der Waals surface area contributed by atoms with Crippen LogP contribution in [-0.2, 0) is 19.1 Å². The van der Waals surface area contributed by atoms with Crippen molar-refractivity contribution in [3.05, 3.63) is 71.8 Å². The Hall–Kier alpha value is -3.12. The predicted octanol–water partition coefficient (Wildman–Crippen LogP) is 3.24. The number of nitrogens with zero attached hydrogens (tertiary/aromatic N) is 1. The first-order valence-electron chi connectivity index (χ1n) is 9.70. The van der Waals surface area contributed by atoms with Crippen LogP contribution in [0.4, 0.5) is 0 Å². The first-order valence-corrected chi connectivity index (χ1v) is 9.70. The third-order valence-corrected chi connectivity index (χ3v) is 4.49. The van der Waals surface area contributed by atoms with Gasteiger partial charge in [0, 0.05) is 24.7 Å². The molecular weight excluding hydrogens is 370 g/mol. The van der Waals surface area contributed by atoms with E-state index in [9.17, 15) is 9.59 Å². The monoisotopic (exact) mass is 395 g/mol. The van der Waals surface area contributed by atoms with Gasteiger partial charge < -0.3 is 19.1 Å². The van der Waals surface area contributed by atoms with Crippen molar-refractivity contribution >= 4 is 18.0 Å². The molecule has 2 aromatic carbocycles. The quantitative estimate of drug-likeness (QED) is 0.532. The first-order chi connectivity index (χ1) is 14.2. The molecule has 0 unspecified atom stereocenters. The molecule has 3 rings (SSSR count). The Labute approximate surface area is 170 Å². The summed E-state index contributed by atoms with van der Waals surface area (Å²) >= 11 is 0. The molecule has 6 nitrogen and oxygen atoms in total. The largest absolute Gasteiger partial charge is 0.494 e. The lowest BCUT2D eigenvalue weighted by Gasteiger charge is -2.30. The summed E-state index contributed by atoms with van der Waals surface area (Å²) in [5.74, 6) is -0.0378. The number of esters is 1. The summed E-state index contributed by atoms with van der Waals surface area (Å²) in [6, 6.07) is 16.4. The van der Waals surface area contributed by atoms with Crippen molar-refractivity contribution in [3.63, 3.8) is 0 Å². The zero-order chi connectivity index (χ0) is 20.5. The molecule has 2 aromatic rings. The number of morpholine rings is 1. The average Bonchev–Trinajstić information content (AvgIpc) is 2.78. The summed E-state index contributed by atoms with van der Waals surface area (Å²) in [5, 5.41) is 0. The molecule has 1 amide bonds. The molecule has 6 heteroatoms. The zero-order valence-electron chi connectivity index (χ0n) is 16.5. The van der Waals surface area contributed by atoms with Crippen LogP contribution in [-0.4, -0.2) is 49.7 Å². The van der Waals surface area contributed by atoms with Crippen molar-refractivity contribution in [1.29, 1.82) is 0 Å².